The molecule has 0 radical (unpaired) electrons. The maximum absolute atomic E-state index is 11.3. The van der Waals surface area contributed by atoms with Gasteiger partial charge in [-0.2, -0.15) is 0 Å². The summed E-state index contributed by atoms with van der Waals surface area (Å²) in [6.45, 7) is -0.0132. The SMILES string of the molecule is CN(C)C(=O)CCSc1ncc(CO)n1C. The second-order valence-electron chi connectivity index (χ2n) is 3.64. The molecule has 0 bridgehead atoms. The minimum Gasteiger partial charge on any atom is -0.390 e. The van der Waals surface area contributed by atoms with Gasteiger partial charge in [-0.25, -0.2) is 4.98 Å². The van der Waals surface area contributed by atoms with Gasteiger partial charge >= 0.3 is 0 Å². The van der Waals surface area contributed by atoms with Crippen LogP contribution in [0.5, 0.6) is 0 Å². The van der Waals surface area contributed by atoms with Crippen LogP contribution in [0.25, 0.3) is 0 Å². The maximum atomic E-state index is 11.3. The number of aliphatic hydroxyl groups is 1. The van der Waals surface area contributed by atoms with Crippen LogP contribution in [-0.2, 0) is 18.4 Å². The number of rotatable bonds is 5. The van der Waals surface area contributed by atoms with Crippen molar-refractivity contribution in [2.45, 2.75) is 18.2 Å². The monoisotopic (exact) mass is 243 g/mol. The van der Waals surface area contributed by atoms with Gasteiger partial charge < -0.3 is 14.6 Å². The third-order valence-corrected chi connectivity index (χ3v) is 3.30. The van der Waals surface area contributed by atoms with Gasteiger partial charge in [0.2, 0.25) is 5.91 Å². The highest BCUT2D eigenvalue weighted by molar-refractivity contribution is 7.99. The Morgan fingerprint density at radius 3 is 2.81 bits per heavy atom. The van der Waals surface area contributed by atoms with Gasteiger partial charge in [-0.3, -0.25) is 4.79 Å². The highest BCUT2D eigenvalue weighted by atomic mass is 32.2. The van der Waals surface area contributed by atoms with Crippen LogP contribution in [0.3, 0.4) is 0 Å². The Labute approximate surface area is 99.5 Å². The quantitative estimate of drug-likeness (QED) is 0.764. The number of aromatic nitrogens is 2. The van der Waals surface area contributed by atoms with E-state index in [1.54, 1.807) is 25.2 Å². The van der Waals surface area contributed by atoms with Gasteiger partial charge in [-0.15, -0.1) is 0 Å². The smallest absolute Gasteiger partial charge is 0.222 e. The molecule has 16 heavy (non-hydrogen) atoms. The first-order valence-corrected chi connectivity index (χ1v) is 5.99. The maximum Gasteiger partial charge on any atom is 0.222 e. The number of aliphatic hydroxyl groups excluding tert-OH is 1. The first-order valence-electron chi connectivity index (χ1n) is 5.00. The van der Waals surface area contributed by atoms with E-state index in [0.717, 1.165) is 10.9 Å². The van der Waals surface area contributed by atoms with Crippen molar-refractivity contribution in [1.82, 2.24) is 14.5 Å². The highest BCUT2D eigenvalue weighted by Gasteiger charge is 2.08. The average molecular weight is 243 g/mol. The molecule has 1 aromatic heterocycles. The van der Waals surface area contributed by atoms with Crippen molar-refractivity contribution >= 4 is 17.7 Å². The third kappa shape index (κ3) is 3.24. The van der Waals surface area contributed by atoms with Crippen molar-refractivity contribution in [3.63, 3.8) is 0 Å². The van der Waals surface area contributed by atoms with E-state index in [0.29, 0.717) is 12.2 Å². The van der Waals surface area contributed by atoms with E-state index in [2.05, 4.69) is 4.98 Å². The van der Waals surface area contributed by atoms with E-state index < -0.39 is 0 Å². The molecular formula is C10H17N3O2S. The van der Waals surface area contributed by atoms with Crippen molar-refractivity contribution in [3.05, 3.63) is 11.9 Å². The third-order valence-electron chi connectivity index (χ3n) is 2.25. The minimum atomic E-state index is -0.0132. The molecule has 0 unspecified atom stereocenters. The van der Waals surface area contributed by atoms with E-state index in [4.69, 9.17) is 5.11 Å². The molecular weight excluding hydrogens is 226 g/mol. The van der Waals surface area contributed by atoms with E-state index in [-0.39, 0.29) is 12.5 Å². The molecule has 1 heterocycles. The van der Waals surface area contributed by atoms with Crippen LogP contribution in [0, 0.1) is 0 Å². The van der Waals surface area contributed by atoms with Crippen LogP contribution < -0.4 is 0 Å². The lowest BCUT2D eigenvalue weighted by atomic mass is 10.4. The summed E-state index contributed by atoms with van der Waals surface area (Å²) in [5.74, 6) is 0.816. The molecule has 0 aromatic carbocycles. The van der Waals surface area contributed by atoms with Crippen LogP contribution in [-0.4, -0.2) is 45.3 Å². The molecule has 0 aliphatic rings. The number of amides is 1. The van der Waals surface area contributed by atoms with Crippen molar-refractivity contribution in [2.75, 3.05) is 19.8 Å². The normalized spacial score (nSPS) is 10.5. The van der Waals surface area contributed by atoms with Crippen LogP contribution in [0.2, 0.25) is 0 Å². The van der Waals surface area contributed by atoms with Crippen LogP contribution in [0.1, 0.15) is 12.1 Å². The molecule has 90 valence electrons. The zero-order chi connectivity index (χ0) is 12.1. The number of carbonyl (C=O) groups is 1. The lowest BCUT2D eigenvalue weighted by Gasteiger charge is -2.09. The predicted molar refractivity (Wildman–Crippen MR) is 63.2 cm³/mol. The molecule has 1 N–H and O–H groups in total. The Morgan fingerprint density at radius 1 is 1.62 bits per heavy atom. The standard InChI is InChI=1S/C10H17N3O2S/c1-12(2)9(15)4-5-16-10-11-6-8(7-14)13(10)3/h6,14H,4-5,7H2,1-3H3. The molecule has 0 aliphatic heterocycles. The Bertz CT molecular complexity index is 363. The predicted octanol–water partition coefficient (Wildman–Crippen LogP) is 0.483. The van der Waals surface area contributed by atoms with Gasteiger partial charge in [0, 0.05) is 33.3 Å². The summed E-state index contributed by atoms with van der Waals surface area (Å²) in [5, 5.41) is 9.82. The van der Waals surface area contributed by atoms with E-state index in [1.807, 2.05) is 11.6 Å². The van der Waals surface area contributed by atoms with Gasteiger partial charge in [0.1, 0.15) is 0 Å². The summed E-state index contributed by atoms with van der Waals surface area (Å²) in [4.78, 5) is 17.1. The molecule has 0 saturated heterocycles. The Morgan fingerprint density at radius 2 is 2.31 bits per heavy atom. The van der Waals surface area contributed by atoms with E-state index >= 15 is 0 Å². The fourth-order valence-corrected chi connectivity index (χ4v) is 2.06. The van der Waals surface area contributed by atoms with Gasteiger partial charge in [0.05, 0.1) is 18.5 Å². The molecule has 0 spiro atoms. The van der Waals surface area contributed by atoms with Crippen molar-refractivity contribution in [1.29, 1.82) is 0 Å². The van der Waals surface area contributed by atoms with Crippen LogP contribution >= 0.6 is 11.8 Å². The highest BCUT2D eigenvalue weighted by Crippen LogP contribution is 2.18. The number of hydrogen-bond acceptors (Lipinski definition) is 4. The summed E-state index contributed by atoms with van der Waals surface area (Å²) in [5.41, 5.74) is 0.779. The van der Waals surface area contributed by atoms with Crippen LogP contribution in [0.4, 0.5) is 0 Å². The molecule has 1 amide bonds. The van der Waals surface area contributed by atoms with Crippen molar-refractivity contribution in [2.24, 2.45) is 7.05 Å². The molecule has 0 atom stereocenters. The molecule has 0 aliphatic carbocycles. The molecule has 0 saturated carbocycles. The number of carbonyl (C=O) groups excluding carboxylic acids is 1. The Hall–Kier alpha value is -1.01. The topological polar surface area (TPSA) is 58.4 Å². The van der Waals surface area contributed by atoms with E-state index in [9.17, 15) is 4.79 Å². The van der Waals surface area contributed by atoms with Crippen molar-refractivity contribution in [3.8, 4) is 0 Å². The summed E-state index contributed by atoms with van der Waals surface area (Å²) < 4.78 is 1.84. The first-order chi connectivity index (χ1) is 7.56. The molecule has 1 rings (SSSR count). The fraction of sp³-hybridized carbons (Fsp3) is 0.600. The molecule has 1 aromatic rings. The van der Waals surface area contributed by atoms with Gasteiger partial charge in [-0.05, 0) is 0 Å². The zero-order valence-electron chi connectivity index (χ0n) is 9.80. The van der Waals surface area contributed by atoms with E-state index in [1.165, 1.54) is 11.8 Å². The summed E-state index contributed by atoms with van der Waals surface area (Å²) in [6, 6.07) is 0. The molecule has 6 heteroatoms. The van der Waals surface area contributed by atoms with Gasteiger partial charge in [-0.1, -0.05) is 11.8 Å². The number of nitrogens with zero attached hydrogens (tertiary/aromatic N) is 3. The summed E-state index contributed by atoms with van der Waals surface area (Å²) in [7, 11) is 5.35. The molecule has 5 nitrogen and oxygen atoms in total. The zero-order valence-corrected chi connectivity index (χ0v) is 10.6. The summed E-state index contributed by atoms with van der Waals surface area (Å²) >= 11 is 1.52. The first kappa shape index (κ1) is 13.1. The lowest BCUT2D eigenvalue weighted by molar-refractivity contribution is -0.128. The Balaban J connectivity index is 2.43. The number of thioether (sulfide) groups is 1. The van der Waals surface area contributed by atoms with Gasteiger partial charge in [0.15, 0.2) is 5.16 Å². The lowest BCUT2D eigenvalue weighted by Crippen LogP contribution is -2.21. The Kier molecular flexibility index (Phi) is 4.82. The largest absolute Gasteiger partial charge is 0.390 e. The van der Waals surface area contributed by atoms with Crippen LogP contribution in [0.15, 0.2) is 11.4 Å². The minimum absolute atomic E-state index is 0.0132. The summed E-state index contributed by atoms with van der Waals surface area (Å²) in [6.07, 6.45) is 2.15. The number of hydrogen-bond donors (Lipinski definition) is 1. The molecule has 0 fully saturated rings. The fourth-order valence-electron chi connectivity index (χ4n) is 1.16. The second kappa shape index (κ2) is 5.91. The number of imidazole rings is 1. The van der Waals surface area contributed by atoms with Gasteiger partial charge in [0.25, 0.3) is 0 Å². The van der Waals surface area contributed by atoms with Crippen molar-refractivity contribution < 1.29 is 9.90 Å². The average Bonchev–Trinajstić information content (AvgIpc) is 2.59. The second-order valence-corrected chi connectivity index (χ2v) is 4.70.